The fourth-order valence-electron chi connectivity index (χ4n) is 1.06. The minimum absolute atomic E-state index is 0.295. The summed E-state index contributed by atoms with van der Waals surface area (Å²) in [6.45, 7) is 0.319. The molecule has 0 atom stereocenters. The summed E-state index contributed by atoms with van der Waals surface area (Å²) in [5, 5.41) is 0. The zero-order chi connectivity index (χ0) is 9.84. The normalized spacial score (nSPS) is 9.85. The first-order valence-electron chi connectivity index (χ1n) is 3.93. The van der Waals surface area contributed by atoms with Gasteiger partial charge in [-0.05, 0) is 12.1 Å². The van der Waals surface area contributed by atoms with E-state index in [-0.39, 0.29) is 5.82 Å². The van der Waals surface area contributed by atoms with E-state index in [0.29, 0.717) is 18.1 Å². The number of benzene rings is 1. The van der Waals surface area contributed by atoms with Crippen LogP contribution in [0.2, 0.25) is 0 Å². The third-order valence-electron chi connectivity index (χ3n) is 1.83. The molecule has 0 aliphatic carbocycles. The quantitative estimate of drug-likeness (QED) is 0.717. The van der Waals surface area contributed by atoms with Gasteiger partial charge in [-0.15, -0.1) is 0 Å². The van der Waals surface area contributed by atoms with E-state index in [9.17, 15) is 4.39 Å². The van der Waals surface area contributed by atoms with Crippen molar-refractivity contribution in [3.8, 4) is 5.75 Å². The number of rotatable bonds is 3. The minimum Gasteiger partial charge on any atom is -0.495 e. The zero-order valence-electron chi connectivity index (χ0n) is 7.75. The Balaban J connectivity index is 3.07. The van der Waals surface area contributed by atoms with Gasteiger partial charge in [0.2, 0.25) is 0 Å². The van der Waals surface area contributed by atoms with E-state index in [0.717, 1.165) is 0 Å². The molecule has 4 heteroatoms. The monoisotopic (exact) mass is 184 g/mol. The van der Waals surface area contributed by atoms with E-state index >= 15 is 0 Å². The highest BCUT2D eigenvalue weighted by atomic mass is 19.1. The summed E-state index contributed by atoms with van der Waals surface area (Å²) in [7, 11) is 3.32. The van der Waals surface area contributed by atoms with Crippen molar-refractivity contribution in [1.82, 2.24) is 0 Å². The number of halogens is 1. The van der Waals surface area contributed by atoms with Crippen LogP contribution in [0.25, 0.3) is 0 Å². The van der Waals surface area contributed by atoms with Gasteiger partial charge in [0.25, 0.3) is 0 Å². The van der Waals surface area contributed by atoms with Crippen LogP contribution in [0.15, 0.2) is 18.2 Å². The third kappa shape index (κ3) is 2.09. The highest BCUT2D eigenvalue weighted by Crippen LogP contribution is 2.27. The Morgan fingerprint density at radius 2 is 2.23 bits per heavy atom. The fraction of sp³-hybridized carbons (Fsp3) is 0.333. The Labute approximate surface area is 76.9 Å². The highest BCUT2D eigenvalue weighted by molar-refractivity contribution is 5.57. The lowest BCUT2D eigenvalue weighted by Crippen LogP contribution is -2.25. The molecule has 0 aliphatic rings. The average Bonchev–Trinajstić information content (AvgIpc) is 2.16. The Morgan fingerprint density at radius 3 is 2.77 bits per heavy atom. The maximum atomic E-state index is 12.9. The van der Waals surface area contributed by atoms with Gasteiger partial charge in [0.05, 0.1) is 19.5 Å². The number of anilines is 1. The van der Waals surface area contributed by atoms with Crippen molar-refractivity contribution in [2.75, 3.05) is 25.7 Å². The molecule has 13 heavy (non-hydrogen) atoms. The number of hydrogen-bond acceptors (Lipinski definition) is 3. The molecule has 1 aromatic carbocycles. The third-order valence-corrected chi connectivity index (χ3v) is 1.83. The Morgan fingerprint density at radius 1 is 1.54 bits per heavy atom. The van der Waals surface area contributed by atoms with Crippen molar-refractivity contribution in [3.05, 3.63) is 24.0 Å². The number of nitrogens with two attached hydrogens (primary N) is 1. The second-order valence-electron chi connectivity index (χ2n) is 2.70. The van der Waals surface area contributed by atoms with Crippen molar-refractivity contribution < 1.29 is 9.13 Å². The van der Waals surface area contributed by atoms with Crippen LogP contribution < -0.4 is 15.4 Å². The van der Waals surface area contributed by atoms with Gasteiger partial charge in [0, 0.05) is 13.1 Å². The molecule has 0 amide bonds. The standard InChI is InChI=1S/C9H13FN2O/c1-12(6-11)8-5-7(10)3-4-9(8)13-2/h3-5H,6,11H2,1-2H3. The molecule has 0 heterocycles. The van der Waals surface area contributed by atoms with E-state index in [1.807, 2.05) is 0 Å². The second kappa shape index (κ2) is 4.09. The lowest BCUT2D eigenvalue weighted by atomic mass is 10.2. The summed E-state index contributed by atoms with van der Waals surface area (Å²) in [4.78, 5) is 1.71. The fourth-order valence-corrected chi connectivity index (χ4v) is 1.06. The van der Waals surface area contributed by atoms with E-state index < -0.39 is 0 Å². The molecule has 1 rings (SSSR count). The number of ether oxygens (including phenoxy) is 1. The summed E-state index contributed by atoms with van der Waals surface area (Å²) in [6, 6.07) is 4.33. The Hall–Kier alpha value is -1.29. The summed E-state index contributed by atoms with van der Waals surface area (Å²) in [5.41, 5.74) is 6.08. The molecular weight excluding hydrogens is 171 g/mol. The predicted molar refractivity (Wildman–Crippen MR) is 50.4 cm³/mol. The van der Waals surface area contributed by atoms with E-state index in [2.05, 4.69) is 0 Å². The first-order chi connectivity index (χ1) is 6.19. The van der Waals surface area contributed by atoms with Crippen LogP contribution in [0.5, 0.6) is 5.75 Å². The van der Waals surface area contributed by atoms with Gasteiger partial charge in [0.1, 0.15) is 11.6 Å². The SMILES string of the molecule is COc1ccc(F)cc1N(C)CN. The number of nitrogens with zero attached hydrogens (tertiary/aromatic N) is 1. The largest absolute Gasteiger partial charge is 0.495 e. The molecule has 1 aromatic rings. The van der Waals surface area contributed by atoms with Crippen molar-refractivity contribution in [2.45, 2.75) is 0 Å². The smallest absolute Gasteiger partial charge is 0.142 e. The van der Waals surface area contributed by atoms with Gasteiger partial charge < -0.3 is 15.4 Å². The second-order valence-corrected chi connectivity index (χ2v) is 2.70. The van der Waals surface area contributed by atoms with Gasteiger partial charge in [0.15, 0.2) is 0 Å². The molecular formula is C9H13FN2O. The van der Waals surface area contributed by atoms with Gasteiger partial charge in [-0.2, -0.15) is 0 Å². The predicted octanol–water partition coefficient (Wildman–Crippen LogP) is 1.19. The van der Waals surface area contributed by atoms with Crippen LogP contribution in [-0.4, -0.2) is 20.8 Å². The molecule has 0 saturated heterocycles. The van der Waals surface area contributed by atoms with E-state index in [1.54, 1.807) is 25.1 Å². The molecule has 0 unspecified atom stereocenters. The molecule has 0 bridgehead atoms. The molecule has 0 spiro atoms. The molecule has 0 radical (unpaired) electrons. The van der Waals surface area contributed by atoms with Crippen molar-refractivity contribution in [2.24, 2.45) is 5.73 Å². The van der Waals surface area contributed by atoms with Crippen LogP contribution in [0.4, 0.5) is 10.1 Å². The maximum Gasteiger partial charge on any atom is 0.142 e. The number of methoxy groups -OCH3 is 1. The van der Waals surface area contributed by atoms with Crippen molar-refractivity contribution in [3.63, 3.8) is 0 Å². The highest BCUT2D eigenvalue weighted by Gasteiger charge is 2.07. The first-order valence-corrected chi connectivity index (χ1v) is 3.93. The van der Waals surface area contributed by atoms with Crippen LogP contribution in [0.3, 0.4) is 0 Å². The molecule has 3 nitrogen and oxygen atoms in total. The summed E-state index contributed by atoms with van der Waals surface area (Å²) < 4.78 is 17.9. The maximum absolute atomic E-state index is 12.9. The van der Waals surface area contributed by atoms with Crippen LogP contribution in [-0.2, 0) is 0 Å². The number of hydrogen-bond donors (Lipinski definition) is 1. The van der Waals surface area contributed by atoms with E-state index in [4.69, 9.17) is 10.5 Å². The zero-order valence-corrected chi connectivity index (χ0v) is 7.75. The van der Waals surface area contributed by atoms with Gasteiger partial charge in [-0.3, -0.25) is 0 Å². The molecule has 0 saturated carbocycles. The average molecular weight is 184 g/mol. The molecule has 0 aromatic heterocycles. The Kier molecular flexibility index (Phi) is 3.08. The molecule has 0 fully saturated rings. The van der Waals surface area contributed by atoms with E-state index in [1.165, 1.54) is 12.1 Å². The first kappa shape index (κ1) is 9.80. The van der Waals surface area contributed by atoms with Crippen molar-refractivity contribution >= 4 is 5.69 Å². The lowest BCUT2D eigenvalue weighted by molar-refractivity contribution is 0.414. The van der Waals surface area contributed by atoms with Gasteiger partial charge in [-0.25, -0.2) is 4.39 Å². The van der Waals surface area contributed by atoms with Crippen LogP contribution in [0, 0.1) is 5.82 Å². The molecule has 72 valence electrons. The van der Waals surface area contributed by atoms with Crippen LogP contribution >= 0.6 is 0 Å². The summed E-state index contributed by atoms with van der Waals surface area (Å²) in [6.07, 6.45) is 0. The van der Waals surface area contributed by atoms with Crippen molar-refractivity contribution in [1.29, 1.82) is 0 Å². The Bertz CT molecular complexity index is 291. The summed E-state index contributed by atoms with van der Waals surface area (Å²) in [5.74, 6) is 0.324. The lowest BCUT2D eigenvalue weighted by Gasteiger charge is -2.19. The van der Waals surface area contributed by atoms with Gasteiger partial charge >= 0.3 is 0 Å². The van der Waals surface area contributed by atoms with Gasteiger partial charge in [-0.1, -0.05) is 0 Å². The molecule has 0 aliphatic heterocycles. The van der Waals surface area contributed by atoms with Crippen LogP contribution in [0.1, 0.15) is 0 Å². The molecule has 2 N–H and O–H groups in total. The topological polar surface area (TPSA) is 38.5 Å². The summed E-state index contributed by atoms with van der Waals surface area (Å²) >= 11 is 0. The minimum atomic E-state index is -0.295.